The number of hydrogen-bond donors (Lipinski definition) is 0. The molecule has 0 saturated carbocycles. The molecular formula is C19H19N3. The zero-order valence-corrected chi connectivity index (χ0v) is 13.2. The van der Waals surface area contributed by atoms with Crippen LogP contribution < -0.4 is 0 Å². The van der Waals surface area contributed by atoms with Crippen molar-refractivity contribution in [2.45, 2.75) is 20.8 Å². The lowest BCUT2D eigenvalue weighted by molar-refractivity contribution is 1.18. The number of benzene rings is 2. The summed E-state index contributed by atoms with van der Waals surface area (Å²) in [5, 5.41) is 2.42. The quantitative estimate of drug-likeness (QED) is 0.463. The lowest BCUT2D eigenvalue weighted by Crippen LogP contribution is -1.97. The Bertz CT molecular complexity index is 869. The van der Waals surface area contributed by atoms with Gasteiger partial charge in [0.25, 0.3) is 0 Å². The molecule has 0 fully saturated rings. The summed E-state index contributed by atoms with van der Waals surface area (Å²) in [5.74, 6) is 1.40. The van der Waals surface area contributed by atoms with Crippen molar-refractivity contribution in [3.63, 3.8) is 0 Å². The van der Waals surface area contributed by atoms with Crippen molar-refractivity contribution >= 4 is 39.2 Å². The fourth-order valence-corrected chi connectivity index (χ4v) is 2.79. The van der Waals surface area contributed by atoms with E-state index >= 15 is 0 Å². The number of hydrogen-bond acceptors (Lipinski definition) is 1. The molecule has 0 saturated heterocycles. The summed E-state index contributed by atoms with van der Waals surface area (Å²) in [7, 11) is 0. The van der Waals surface area contributed by atoms with Crippen LogP contribution in [0.15, 0.2) is 65.1 Å². The highest BCUT2D eigenvalue weighted by atomic mass is 15.1. The van der Waals surface area contributed by atoms with Crippen molar-refractivity contribution in [3.05, 3.63) is 55.1 Å². The lowest BCUT2D eigenvalue weighted by Gasteiger charge is -2.07. The number of aliphatic imine (C=N–C) groups is 2. The summed E-state index contributed by atoms with van der Waals surface area (Å²) >= 11 is 0. The standard InChI is InChI=1S/C19H19N3/c1-13(2)20-14(3)21-15(4)22-18-11-7-5-9-16(18)17-10-6-8-12-19(17)22/h5-12H,4H2,1-3H3/b21-14-. The first-order valence-electron chi connectivity index (χ1n) is 7.32. The first-order chi connectivity index (χ1) is 10.6. The molecule has 0 amide bonds. The second kappa shape index (κ2) is 5.60. The van der Waals surface area contributed by atoms with Gasteiger partial charge in [-0.05, 0) is 32.9 Å². The van der Waals surface area contributed by atoms with Crippen LogP contribution in [0.2, 0.25) is 0 Å². The van der Waals surface area contributed by atoms with E-state index in [0.29, 0.717) is 11.7 Å². The Morgan fingerprint density at radius 2 is 1.32 bits per heavy atom. The van der Waals surface area contributed by atoms with Crippen molar-refractivity contribution in [1.29, 1.82) is 0 Å². The van der Waals surface area contributed by atoms with Crippen LogP contribution in [0.3, 0.4) is 0 Å². The van der Waals surface area contributed by atoms with Crippen LogP contribution in [0.1, 0.15) is 20.8 Å². The Kier molecular flexibility index (Phi) is 3.63. The number of rotatable bonds is 2. The average Bonchev–Trinajstić information content (AvgIpc) is 2.80. The minimum atomic E-state index is 0.680. The zero-order chi connectivity index (χ0) is 15.7. The predicted molar refractivity (Wildman–Crippen MR) is 96.7 cm³/mol. The molecule has 0 N–H and O–H groups in total. The molecule has 2 aromatic carbocycles. The van der Waals surface area contributed by atoms with Gasteiger partial charge >= 0.3 is 0 Å². The van der Waals surface area contributed by atoms with Gasteiger partial charge in [-0.15, -0.1) is 0 Å². The Hall–Kier alpha value is -2.68. The molecule has 3 heteroatoms. The fourth-order valence-electron chi connectivity index (χ4n) is 2.79. The zero-order valence-electron chi connectivity index (χ0n) is 13.2. The molecule has 3 nitrogen and oxygen atoms in total. The molecule has 3 aromatic rings. The van der Waals surface area contributed by atoms with Gasteiger partial charge in [0.2, 0.25) is 0 Å². The number of fused-ring (bicyclic) bond motifs is 3. The average molecular weight is 289 g/mol. The van der Waals surface area contributed by atoms with Crippen molar-refractivity contribution in [1.82, 2.24) is 4.57 Å². The normalized spacial score (nSPS) is 11.9. The van der Waals surface area contributed by atoms with Crippen LogP contribution >= 0.6 is 0 Å². The third-order valence-electron chi connectivity index (χ3n) is 3.51. The van der Waals surface area contributed by atoms with Gasteiger partial charge in [-0.2, -0.15) is 0 Å². The molecule has 0 spiro atoms. The van der Waals surface area contributed by atoms with Gasteiger partial charge in [-0.3, -0.25) is 4.57 Å². The van der Waals surface area contributed by atoms with E-state index in [1.807, 2.05) is 32.9 Å². The van der Waals surface area contributed by atoms with E-state index in [-0.39, 0.29) is 0 Å². The van der Waals surface area contributed by atoms with Gasteiger partial charge in [0.1, 0.15) is 11.7 Å². The predicted octanol–water partition coefficient (Wildman–Crippen LogP) is 5.12. The number of aromatic nitrogens is 1. The smallest absolute Gasteiger partial charge is 0.132 e. The van der Waals surface area contributed by atoms with Crippen LogP contribution in [0.5, 0.6) is 0 Å². The van der Waals surface area contributed by atoms with E-state index in [4.69, 9.17) is 0 Å². The van der Waals surface area contributed by atoms with E-state index in [9.17, 15) is 0 Å². The van der Waals surface area contributed by atoms with E-state index in [0.717, 1.165) is 16.7 Å². The number of amidine groups is 1. The summed E-state index contributed by atoms with van der Waals surface area (Å²) in [6, 6.07) is 16.6. The van der Waals surface area contributed by atoms with Gasteiger partial charge < -0.3 is 0 Å². The van der Waals surface area contributed by atoms with E-state index < -0.39 is 0 Å². The van der Waals surface area contributed by atoms with E-state index in [2.05, 4.69) is 57.5 Å². The first kappa shape index (κ1) is 14.3. The number of para-hydroxylation sites is 2. The van der Waals surface area contributed by atoms with Crippen molar-refractivity contribution in [2.75, 3.05) is 0 Å². The molecule has 3 rings (SSSR count). The Morgan fingerprint density at radius 1 is 0.818 bits per heavy atom. The second-order valence-corrected chi connectivity index (χ2v) is 5.50. The molecule has 22 heavy (non-hydrogen) atoms. The summed E-state index contributed by atoms with van der Waals surface area (Å²) in [5.41, 5.74) is 3.21. The van der Waals surface area contributed by atoms with E-state index in [1.54, 1.807) is 0 Å². The summed E-state index contributed by atoms with van der Waals surface area (Å²) < 4.78 is 2.09. The van der Waals surface area contributed by atoms with Gasteiger partial charge in [-0.1, -0.05) is 43.0 Å². The van der Waals surface area contributed by atoms with Crippen LogP contribution in [0.25, 0.3) is 27.6 Å². The number of nitrogens with zero attached hydrogens (tertiary/aromatic N) is 3. The third-order valence-corrected chi connectivity index (χ3v) is 3.51. The van der Waals surface area contributed by atoms with Gasteiger partial charge in [-0.25, -0.2) is 9.98 Å². The Balaban J connectivity index is 2.25. The van der Waals surface area contributed by atoms with Crippen molar-refractivity contribution in [3.8, 4) is 0 Å². The Labute approximate surface area is 130 Å². The summed E-state index contributed by atoms with van der Waals surface area (Å²) in [6.07, 6.45) is 0. The molecule has 0 aliphatic heterocycles. The van der Waals surface area contributed by atoms with Crippen molar-refractivity contribution < 1.29 is 0 Å². The van der Waals surface area contributed by atoms with Gasteiger partial charge in [0.15, 0.2) is 0 Å². The maximum atomic E-state index is 4.56. The van der Waals surface area contributed by atoms with Gasteiger partial charge in [0.05, 0.1) is 11.0 Å². The Morgan fingerprint density at radius 3 is 1.82 bits per heavy atom. The van der Waals surface area contributed by atoms with Crippen LogP contribution in [-0.2, 0) is 0 Å². The monoisotopic (exact) mass is 289 g/mol. The third kappa shape index (κ3) is 2.46. The van der Waals surface area contributed by atoms with Gasteiger partial charge in [0, 0.05) is 16.5 Å². The minimum absolute atomic E-state index is 0.680. The van der Waals surface area contributed by atoms with Crippen LogP contribution in [-0.4, -0.2) is 16.1 Å². The minimum Gasteiger partial charge on any atom is -0.294 e. The fraction of sp³-hybridized carbons (Fsp3) is 0.158. The van der Waals surface area contributed by atoms with E-state index in [1.165, 1.54) is 10.8 Å². The second-order valence-electron chi connectivity index (χ2n) is 5.50. The first-order valence-corrected chi connectivity index (χ1v) is 7.32. The maximum Gasteiger partial charge on any atom is 0.132 e. The molecule has 0 bridgehead atoms. The maximum absolute atomic E-state index is 4.56. The van der Waals surface area contributed by atoms with Crippen LogP contribution in [0.4, 0.5) is 0 Å². The molecule has 0 unspecified atom stereocenters. The molecule has 0 atom stereocenters. The van der Waals surface area contributed by atoms with Crippen molar-refractivity contribution in [2.24, 2.45) is 9.98 Å². The molecule has 110 valence electrons. The SMILES string of the molecule is C=C(/N=C(/C)N=C(C)C)n1c2ccccc2c2ccccc21. The topological polar surface area (TPSA) is 29.6 Å². The molecule has 1 aromatic heterocycles. The molecule has 0 aliphatic carbocycles. The summed E-state index contributed by atoms with van der Waals surface area (Å²) in [6.45, 7) is 9.97. The lowest BCUT2D eigenvalue weighted by atomic mass is 10.2. The molecule has 0 aliphatic rings. The molecule has 1 heterocycles. The van der Waals surface area contributed by atoms with Crippen LogP contribution in [0, 0.1) is 0 Å². The highest BCUT2D eigenvalue weighted by molar-refractivity contribution is 6.10. The largest absolute Gasteiger partial charge is 0.294 e. The molecular weight excluding hydrogens is 270 g/mol. The molecule has 0 radical (unpaired) electrons. The highest BCUT2D eigenvalue weighted by Gasteiger charge is 2.11. The highest BCUT2D eigenvalue weighted by Crippen LogP contribution is 2.31. The summed E-state index contributed by atoms with van der Waals surface area (Å²) in [4.78, 5) is 8.94.